The van der Waals surface area contributed by atoms with Crippen LogP contribution in [0.5, 0.6) is 0 Å². The smallest absolute Gasteiger partial charge is 0.188 e. The van der Waals surface area contributed by atoms with Crippen LogP contribution in [-0.2, 0) is 0 Å². The Balaban J connectivity index is 2.21. The zero-order valence-corrected chi connectivity index (χ0v) is 8.88. The molecule has 0 unspecified atom stereocenters. The summed E-state index contributed by atoms with van der Waals surface area (Å²) in [5, 5.41) is 12.5. The fourth-order valence-corrected chi connectivity index (χ4v) is 1.76. The summed E-state index contributed by atoms with van der Waals surface area (Å²) >= 11 is 1.55. The molecule has 2 aromatic heterocycles. The molecule has 0 aliphatic carbocycles. The molecule has 15 heavy (non-hydrogen) atoms. The van der Waals surface area contributed by atoms with Crippen LogP contribution in [-0.4, -0.2) is 9.97 Å². The predicted molar refractivity (Wildman–Crippen MR) is 59.1 cm³/mol. The van der Waals surface area contributed by atoms with Crippen molar-refractivity contribution in [1.29, 1.82) is 5.26 Å². The van der Waals surface area contributed by atoms with Gasteiger partial charge in [0, 0.05) is 11.1 Å². The summed E-state index contributed by atoms with van der Waals surface area (Å²) in [6, 6.07) is 7.24. The van der Waals surface area contributed by atoms with E-state index in [-0.39, 0.29) is 0 Å². The summed E-state index contributed by atoms with van der Waals surface area (Å²) in [6.45, 7) is 1.99. The second-order valence-electron chi connectivity index (χ2n) is 2.92. The molecule has 5 heteroatoms. The second-order valence-corrected chi connectivity index (χ2v) is 4.16. The topological polar surface area (TPSA) is 61.6 Å². The van der Waals surface area contributed by atoms with E-state index in [1.54, 1.807) is 35.7 Å². The summed E-state index contributed by atoms with van der Waals surface area (Å²) in [7, 11) is 0. The number of nitrogens with one attached hydrogen (secondary N) is 1. The third-order valence-corrected chi connectivity index (χ3v) is 2.55. The number of anilines is 2. The Labute approximate surface area is 91.2 Å². The van der Waals surface area contributed by atoms with Gasteiger partial charge in [-0.05, 0) is 19.1 Å². The standard InChI is InChI=1S/C10H8N4S/c1-7-6-12-10(15-7)14-9-4-2-3-8(5-11)13-9/h2-4,6H,1H3,(H,12,13,14). The van der Waals surface area contributed by atoms with Crippen molar-refractivity contribution >= 4 is 22.3 Å². The summed E-state index contributed by atoms with van der Waals surface area (Å²) < 4.78 is 0. The quantitative estimate of drug-likeness (QED) is 0.837. The molecule has 4 nitrogen and oxygen atoms in total. The summed E-state index contributed by atoms with van der Waals surface area (Å²) in [5.74, 6) is 0.642. The lowest BCUT2D eigenvalue weighted by Crippen LogP contribution is -1.93. The zero-order chi connectivity index (χ0) is 10.7. The van der Waals surface area contributed by atoms with Gasteiger partial charge in [0.25, 0.3) is 0 Å². The molecule has 0 bridgehead atoms. The molecule has 0 spiro atoms. The molecular weight excluding hydrogens is 208 g/mol. The maximum atomic E-state index is 8.68. The van der Waals surface area contributed by atoms with Crippen molar-refractivity contribution in [3.05, 3.63) is 35.0 Å². The summed E-state index contributed by atoms with van der Waals surface area (Å²) in [6.07, 6.45) is 1.79. The highest BCUT2D eigenvalue weighted by Gasteiger charge is 2.00. The van der Waals surface area contributed by atoms with Gasteiger partial charge in [0.2, 0.25) is 0 Å². The Kier molecular flexibility index (Phi) is 2.61. The van der Waals surface area contributed by atoms with Crippen molar-refractivity contribution in [3.8, 4) is 6.07 Å². The van der Waals surface area contributed by atoms with E-state index in [9.17, 15) is 0 Å². The van der Waals surface area contributed by atoms with Gasteiger partial charge in [0.05, 0.1) is 0 Å². The summed E-state index contributed by atoms with van der Waals surface area (Å²) in [5.41, 5.74) is 0.397. The Morgan fingerprint density at radius 2 is 2.33 bits per heavy atom. The maximum absolute atomic E-state index is 8.68. The number of aryl methyl sites for hydroxylation is 1. The van der Waals surface area contributed by atoms with E-state index < -0.39 is 0 Å². The third kappa shape index (κ3) is 2.30. The highest BCUT2D eigenvalue weighted by Crippen LogP contribution is 2.20. The minimum absolute atomic E-state index is 0.397. The number of hydrogen-bond acceptors (Lipinski definition) is 5. The molecule has 0 amide bonds. The van der Waals surface area contributed by atoms with Gasteiger partial charge in [-0.3, -0.25) is 0 Å². The highest BCUT2D eigenvalue weighted by molar-refractivity contribution is 7.15. The molecule has 2 rings (SSSR count). The molecule has 1 N–H and O–H groups in total. The molecule has 0 saturated carbocycles. The van der Waals surface area contributed by atoms with Gasteiger partial charge in [-0.25, -0.2) is 9.97 Å². The van der Waals surface area contributed by atoms with Crippen LogP contribution in [0.4, 0.5) is 10.9 Å². The van der Waals surface area contributed by atoms with Crippen LogP contribution >= 0.6 is 11.3 Å². The molecule has 0 aromatic carbocycles. The maximum Gasteiger partial charge on any atom is 0.188 e. The number of hydrogen-bond donors (Lipinski definition) is 1. The van der Waals surface area contributed by atoms with Gasteiger partial charge in [-0.15, -0.1) is 11.3 Å². The van der Waals surface area contributed by atoms with Crippen LogP contribution in [0.2, 0.25) is 0 Å². The first kappa shape index (κ1) is 9.62. The van der Waals surface area contributed by atoms with Gasteiger partial charge < -0.3 is 5.32 Å². The second kappa shape index (κ2) is 4.07. The van der Waals surface area contributed by atoms with Gasteiger partial charge in [-0.2, -0.15) is 5.26 Å². The minimum Gasteiger partial charge on any atom is -0.316 e. The number of nitrogens with zero attached hydrogens (tertiary/aromatic N) is 3. The third-order valence-electron chi connectivity index (χ3n) is 1.72. The van der Waals surface area contributed by atoms with E-state index in [2.05, 4.69) is 15.3 Å². The molecule has 0 aliphatic heterocycles. The number of thiazole rings is 1. The van der Waals surface area contributed by atoms with Gasteiger partial charge in [0.1, 0.15) is 17.6 Å². The Morgan fingerprint density at radius 3 is 3.00 bits per heavy atom. The van der Waals surface area contributed by atoms with Crippen molar-refractivity contribution in [1.82, 2.24) is 9.97 Å². The SMILES string of the molecule is Cc1cnc(Nc2cccc(C#N)n2)s1. The molecular formula is C10H8N4S. The highest BCUT2D eigenvalue weighted by atomic mass is 32.1. The van der Waals surface area contributed by atoms with Crippen LogP contribution in [0.3, 0.4) is 0 Å². The molecule has 0 aliphatic rings. The van der Waals surface area contributed by atoms with Crippen molar-refractivity contribution < 1.29 is 0 Å². The molecule has 74 valence electrons. The number of aromatic nitrogens is 2. The Hall–Kier alpha value is -1.93. The van der Waals surface area contributed by atoms with Crippen molar-refractivity contribution in [2.75, 3.05) is 5.32 Å². The lowest BCUT2D eigenvalue weighted by atomic mass is 10.4. The van der Waals surface area contributed by atoms with E-state index >= 15 is 0 Å². The molecule has 2 aromatic rings. The molecule has 0 radical (unpaired) electrons. The fraction of sp³-hybridized carbons (Fsp3) is 0.100. The van der Waals surface area contributed by atoms with Gasteiger partial charge in [-0.1, -0.05) is 6.07 Å². The first-order valence-electron chi connectivity index (χ1n) is 4.34. The van der Waals surface area contributed by atoms with Crippen LogP contribution in [0.1, 0.15) is 10.6 Å². The first-order valence-corrected chi connectivity index (χ1v) is 5.16. The largest absolute Gasteiger partial charge is 0.316 e. The van der Waals surface area contributed by atoms with Crippen molar-refractivity contribution in [2.45, 2.75) is 6.92 Å². The van der Waals surface area contributed by atoms with Crippen molar-refractivity contribution in [2.24, 2.45) is 0 Å². The fourth-order valence-electron chi connectivity index (χ4n) is 1.09. The van der Waals surface area contributed by atoms with Crippen LogP contribution in [0.25, 0.3) is 0 Å². The lowest BCUT2D eigenvalue weighted by molar-refractivity contribution is 1.24. The van der Waals surface area contributed by atoms with Crippen LogP contribution in [0, 0.1) is 18.3 Å². The molecule has 0 saturated heterocycles. The normalized spacial score (nSPS) is 9.60. The summed E-state index contributed by atoms with van der Waals surface area (Å²) in [4.78, 5) is 9.37. The molecule has 0 fully saturated rings. The number of pyridine rings is 1. The number of rotatable bonds is 2. The minimum atomic E-state index is 0.397. The van der Waals surface area contributed by atoms with E-state index in [1.165, 1.54) is 0 Å². The number of nitriles is 1. The van der Waals surface area contributed by atoms with Crippen LogP contribution in [0.15, 0.2) is 24.4 Å². The van der Waals surface area contributed by atoms with E-state index in [4.69, 9.17) is 5.26 Å². The van der Waals surface area contributed by atoms with E-state index in [0.29, 0.717) is 11.5 Å². The average Bonchev–Trinajstić information content (AvgIpc) is 2.64. The van der Waals surface area contributed by atoms with Crippen molar-refractivity contribution in [3.63, 3.8) is 0 Å². The predicted octanol–water partition coefficient (Wildman–Crippen LogP) is 2.46. The van der Waals surface area contributed by atoms with E-state index in [0.717, 1.165) is 10.0 Å². The van der Waals surface area contributed by atoms with E-state index in [1.807, 2.05) is 13.0 Å². The monoisotopic (exact) mass is 216 g/mol. The average molecular weight is 216 g/mol. The lowest BCUT2D eigenvalue weighted by Gasteiger charge is -2.00. The molecule has 2 heterocycles. The van der Waals surface area contributed by atoms with Gasteiger partial charge >= 0.3 is 0 Å². The Morgan fingerprint density at radius 1 is 1.47 bits per heavy atom. The van der Waals surface area contributed by atoms with Crippen LogP contribution < -0.4 is 5.32 Å². The Bertz CT molecular complexity index is 512. The van der Waals surface area contributed by atoms with Gasteiger partial charge in [0.15, 0.2) is 5.13 Å². The first-order chi connectivity index (χ1) is 7.28. The zero-order valence-electron chi connectivity index (χ0n) is 8.06. The molecule has 0 atom stereocenters.